The molecule has 1 aromatic carbocycles. The predicted molar refractivity (Wildman–Crippen MR) is 75.1 cm³/mol. The van der Waals surface area contributed by atoms with Gasteiger partial charge in [0.15, 0.2) is 5.78 Å². The van der Waals surface area contributed by atoms with Gasteiger partial charge in [-0.3, -0.25) is 9.00 Å². The van der Waals surface area contributed by atoms with Crippen molar-refractivity contribution in [1.29, 1.82) is 0 Å². The number of hydrogen-bond acceptors (Lipinski definition) is 3. The standard InChI is InChI=1S/C13H17ClO3S/c1-3-4-7-18(16)9-12(15)10-5-6-13(17-2)11(14)8-10/h5-6,8H,3-4,7,9H2,1-2H3. The normalized spacial score (nSPS) is 12.2. The lowest BCUT2D eigenvalue weighted by atomic mass is 10.1. The summed E-state index contributed by atoms with van der Waals surface area (Å²) in [7, 11) is 0.428. The van der Waals surface area contributed by atoms with Crippen molar-refractivity contribution in [3.05, 3.63) is 28.8 Å². The SMILES string of the molecule is CCCCS(=O)CC(=O)c1ccc(OC)c(Cl)c1. The summed E-state index contributed by atoms with van der Waals surface area (Å²) < 4.78 is 16.6. The Kier molecular flexibility index (Phi) is 6.36. The summed E-state index contributed by atoms with van der Waals surface area (Å²) in [6.07, 6.45) is 1.86. The second kappa shape index (κ2) is 7.54. The van der Waals surface area contributed by atoms with Gasteiger partial charge in [-0.1, -0.05) is 24.9 Å². The lowest BCUT2D eigenvalue weighted by Gasteiger charge is -2.05. The van der Waals surface area contributed by atoms with E-state index in [4.69, 9.17) is 16.3 Å². The third-order valence-corrected chi connectivity index (χ3v) is 4.11. The van der Waals surface area contributed by atoms with Crippen LogP contribution in [-0.4, -0.2) is 28.6 Å². The molecule has 0 saturated heterocycles. The first-order valence-electron chi connectivity index (χ1n) is 5.80. The van der Waals surface area contributed by atoms with Crippen LogP contribution in [0, 0.1) is 0 Å². The highest BCUT2D eigenvalue weighted by atomic mass is 35.5. The molecule has 0 bridgehead atoms. The zero-order valence-electron chi connectivity index (χ0n) is 10.6. The van der Waals surface area contributed by atoms with Gasteiger partial charge in [-0.05, 0) is 24.6 Å². The van der Waals surface area contributed by atoms with E-state index in [1.165, 1.54) is 7.11 Å². The van der Waals surface area contributed by atoms with E-state index in [0.29, 0.717) is 22.1 Å². The maximum Gasteiger partial charge on any atom is 0.175 e. The predicted octanol–water partition coefficient (Wildman–Crippen LogP) is 3.08. The van der Waals surface area contributed by atoms with E-state index in [2.05, 4.69) is 0 Å². The number of benzene rings is 1. The third kappa shape index (κ3) is 4.42. The van der Waals surface area contributed by atoms with Gasteiger partial charge in [0.2, 0.25) is 0 Å². The van der Waals surface area contributed by atoms with Crippen LogP contribution in [0.25, 0.3) is 0 Å². The van der Waals surface area contributed by atoms with Gasteiger partial charge in [-0.15, -0.1) is 0 Å². The molecule has 0 heterocycles. The highest BCUT2D eigenvalue weighted by molar-refractivity contribution is 7.85. The number of ether oxygens (including phenoxy) is 1. The quantitative estimate of drug-likeness (QED) is 0.724. The highest BCUT2D eigenvalue weighted by Gasteiger charge is 2.12. The van der Waals surface area contributed by atoms with Crippen molar-refractivity contribution >= 4 is 28.2 Å². The second-order valence-corrected chi connectivity index (χ2v) is 5.90. The number of hydrogen-bond donors (Lipinski definition) is 0. The fourth-order valence-electron chi connectivity index (χ4n) is 1.45. The topological polar surface area (TPSA) is 43.4 Å². The molecule has 0 aliphatic carbocycles. The molecule has 0 N–H and O–H groups in total. The van der Waals surface area contributed by atoms with E-state index in [0.717, 1.165) is 12.8 Å². The van der Waals surface area contributed by atoms with Crippen LogP contribution in [0.5, 0.6) is 5.75 Å². The van der Waals surface area contributed by atoms with E-state index in [9.17, 15) is 9.00 Å². The molecule has 0 fully saturated rings. The Morgan fingerprint density at radius 2 is 2.17 bits per heavy atom. The zero-order chi connectivity index (χ0) is 13.5. The van der Waals surface area contributed by atoms with Crippen molar-refractivity contribution in [1.82, 2.24) is 0 Å². The van der Waals surface area contributed by atoms with Gasteiger partial charge < -0.3 is 4.74 Å². The fourth-order valence-corrected chi connectivity index (χ4v) is 2.92. The number of carbonyl (C=O) groups excluding carboxylic acids is 1. The van der Waals surface area contributed by atoms with Crippen LogP contribution in [0.2, 0.25) is 5.02 Å². The Bertz CT molecular complexity index is 446. The van der Waals surface area contributed by atoms with Crippen LogP contribution in [0.15, 0.2) is 18.2 Å². The summed E-state index contributed by atoms with van der Waals surface area (Å²) in [5, 5.41) is 0.391. The molecule has 1 aromatic rings. The summed E-state index contributed by atoms with van der Waals surface area (Å²) in [5.74, 6) is 1.02. The molecule has 18 heavy (non-hydrogen) atoms. The van der Waals surface area contributed by atoms with Crippen LogP contribution in [0.3, 0.4) is 0 Å². The van der Waals surface area contributed by atoms with E-state index in [1.807, 2.05) is 6.92 Å². The minimum absolute atomic E-state index is 0.0582. The number of ketones is 1. The largest absolute Gasteiger partial charge is 0.495 e. The van der Waals surface area contributed by atoms with Gasteiger partial charge in [0, 0.05) is 22.1 Å². The molecule has 1 unspecified atom stereocenters. The molecule has 0 aliphatic rings. The number of rotatable bonds is 7. The Hall–Kier alpha value is -0.870. The van der Waals surface area contributed by atoms with Crippen molar-refractivity contribution in [2.24, 2.45) is 0 Å². The molecule has 5 heteroatoms. The van der Waals surface area contributed by atoms with Gasteiger partial charge in [-0.2, -0.15) is 0 Å². The van der Waals surface area contributed by atoms with Crippen molar-refractivity contribution in [2.75, 3.05) is 18.6 Å². The molecule has 3 nitrogen and oxygen atoms in total. The monoisotopic (exact) mass is 288 g/mol. The summed E-state index contributed by atoms with van der Waals surface area (Å²) in [4.78, 5) is 11.9. The summed E-state index contributed by atoms with van der Waals surface area (Å²) >= 11 is 5.94. The van der Waals surface area contributed by atoms with Crippen LogP contribution in [-0.2, 0) is 10.8 Å². The lowest BCUT2D eigenvalue weighted by Crippen LogP contribution is -2.13. The molecular formula is C13H17ClO3S. The fraction of sp³-hybridized carbons (Fsp3) is 0.462. The molecule has 1 rings (SSSR count). The maximum absolute atomic E-state index is 11.9. The van der Waals surface area contributed by atoms with Crippen molar-refractivity contribution < 1.29 is 13.7 Å². The molecule has 0 saturated carbocycles. The smallest absolute Gasteiger partial charge is 0.175 e. The lowest BCUT2D eigenvalue weighted by molar-refractivity contribution is 0.102. The Balaban J connectivity index is 2.67. The minimum Gasteiger partial charge on any atom is -0.495 e. The molecule has 0 radical (unpaired) electrons. The number of Topliss-reactive ketones (excluding diaryl/α,β-unsaturated/α-hetero) is 1. The van der Waals surface area contributed by atoms with Crippen LogP contribution < -0.4 is 4.74 Å². The van der Waals surface area contributed by atoms with E-state index < -0.39 is 10.8 Å². The van der Waals surface area contributed by atoms with Gasteiger partial charge in [-0.25, -0.2) is 0 Å². The summed E-state index contributed by atoms with van der Waals surface area (Å²) in [6, 6.07) is 4.84. The van der Waals surface area contributed by atoms with Gasteiger partial charge in [0.25, 0.3) is 0 Å². The second-order valence-electron chi connectivity index (χ2n) is 3.91. The number of methoxy groups -OCH3 is 1. The van der Waals surface area contributed by atoms with Gasteiger partial charge >= 0.3 is 0 Å². The Labute approximate surface area is 115 Å². The number of unbranched alkanes of at least 4 members (excludes halogenated alkanes) is 1. The zero-order valence-corrected chi connectivity index (χ0v) is 12.1. The number of carbonyl (C=O) groups is 1. The molecule has 0 aliphatic heterocycles. The van der Waals surface area contributed by atoms with E-state index in [1.54, 1.807) is 18.2 Å². The Morgan fingerprint density at radius 1 is 1.44 bits per heavy atom. The van der Waals surface area contributed by atoms with Crippen molar-refractivity contribution in [3.8, 4) is 5.75 Å². The molecule has 0 aromatic heterocycles. The van der Waals surface area contributed by atoms with E-state index in [-0.39, 0.29) is 11.5 Å². The van der Waals surface area contributed by atoms with E-state index >= 15 is 0 Å². The first kappa shape index (κ1) is 15.2. The highest BCUT2D eigenvalue weighted by Crippen LogP contribution is 2.25. The first-order chi connectivity index (χ1) is 8.58. The Morgan fingerprint density at radius 3 is 2.72 bits per heavy atom. The van der Waals surface area contributed by atoms with Gasteiger partial charge in [0.05, 0.1) is 17.9 Å². The average molecular weight is 289 g/mol. The molecule has 1 atom stereocenters. The summed E-state index contributed by atoms with van der Waals surface area (Å²) in [5.41, 5.74) is 0.477. The third-order valence-electron chi connectivity index (χ3n) is 2.49. The number of halogens is 1. The first-order valence-corrected chi connectivity index (χ1v) is 7.66. The summed E-state index contributed by atoms with van der Waals surface area (Å²) in [6.45, 7) is 2.03. The van der Waals surface area contributed by atoms with Crippen LogP contribution in [0.1, 0.15) is 30.1 Å². The molecule has 0 amide bonds. The van der Waals surface area contributed by atoms with Crippen LogP contribution >= 0.6 is 11.6 Å². The minimum atomic E-state index is -1.09. The maximum atomic E-state index is 11.9. The average Bonchev–Trinajstić information content (AvgIpc) is 2.36. The molecule has 100 valence electrons. The molecule has 0 spiro atoms. The van der Waals surface area contributed by atoms with Gasteiger partial charge in [0.1, 0.15) is 5.75 Å². The van der Waals surface area contributed by atoms with Crippen molar-refractivity contribution in [3.63, 3.8) is 0 Å². The van der Waals surface area contributed by atoms with Crippen LogP contribution in [0.4, 0.5) is 0 Å². The van der Waals surface area contributed by atoms with Crippen molar-refractivity contribution in [2.45, 2.75) is 19.8 Å². The molecular weight excluding hydrogens is 272 g/mol.